The molecule has 0 fully saturated rings. The Bertz CT molecular complexity index is 97.9. The summed E-state index contributed by atoms with van der Waals surface area (Å²) in [6.45, 7) is 7.57. The molecule has 0 heterocycles. The second-order valence-electron chi connectivity index (χ2n) is 2.09. The summed E-state index contributed by atoms with van der Waals surface area (Å²) in [5, 5.41) is 0. The molecule has 0 radical (unpaired) electrons. The van der Waals surface area contributed by atoms with Crippen LogP contribution in [-0.2, 0) is 14.3 Å². The van der Waals surface area contributed by atoms with Crippen LogP contribution in [-0.4, -0.2) is 25.8 Å². The third-order valence-corrected chi connectivity index (χ3v) is 1.07. The Labute approximate surface area is 75.1 Å². The average Bonchev–Trinajstić information content (AvgIpc) is 2.09. The number of Topliss-reactive ketones (excluding diaryl/α,β-unsaturated/α-hetero) is 1. The van der Waals surface area contributed by atoms with Gasteiger partial charge in [0.05, 0.1) is 0 Å². The van der Waals surface area contributed by atoms with E-state index in [1.165, 1.54) is 6.92 Å². The Morgan fingerprint density at radius 3 is 2.17 bits per heavy atom. The molecule has 0 rings (SSSR count). The number of carbonyl (C=O) groups excluding carboxylic acids is 1. The van der Waals surface area contributed by atoms with Crippen LogP contribution in [0.1, 0.15) is 34.1 Å². The van der Waals surface area contributed by atoms with Gasteiger partial charge in [0, 0.05) is 7.11 Å². The second kappa shape index (κ2) is 10.6. The highest BCUT2D eigenvalue weighted by Crippen LogP contribution is 1.97. The van der Waals surface area contributed by atoms with Crippen molar-refractivity contribution in [2.45, 2.75) is 40.4 Å². The van der Waals surface area contributed by atoms with Crippen molar-refractivity contribution in [1.29, 1.82) is 0 Å². The molecule has 0 aromatic carbocycles. The number of carbonyl (C=O) groups is 1. The van der Waals surface area contributed by atoms with E-state index >= 15 is 0 Å². The van der Waals surface area contributed by atoms with Gasteiger partial charge in [-0.25, -0.2) is 0 Å². The lowest BCUT2D eigenvalue weighted by Crippen LogP contribution is -2.17. The van der Waals surface area contributed by atoms with Crippen molar-refractivity contribution in [2.24, 2.45) is 0 Å². The van der Waals surface area contributed by atoms with Crippen LogP contribution in [0.25, 0.3) is 0 Å². The fourth-order valence-corrected chi connectivity index (χ4v) is 0.563. The first-order chi connectivity index (χ1) is 5.70. The van der Waals surface area contributed by atoms with Crippen molar-refractivity contribution >= 4 is 5.78 Å². The highest BCUT2D eigenvalue weighted by molar-refractivity contribution is 5.76. The average molecular weight is 176 g/mol. The van der Waals surface area contributed by atoms with Gasteiger partial charge in [-0.1, -0.05) is 20.8 Å². The second-order valence-corrected chi connectivity index (χ2v) is 2.09. The Morgan fingerprint density at radius 1 is 1.42 bits per heavy atom. The fraction of sp³-hybridized carbons (Fsp3) is 0.889. The standard InChI is InChI=1S/C7H14O3.C2H6/c1-4-7(9-3)10-5-6(2)8;1-2/h7H,4-5H2,1-3H3;1-2H3. The minimum atomic E-state index is -0.233. The zero-order valence-corrected chi connectivity index (χ0v) is 8.72. The summed E-state index contributed by atoms with van der Waals surface area (Å²) in [5.41, 5.74) is 0. The maximum Gasteiger partial charge on any atom is 0.157 e. The summed E-state index contributed by atoms with van der Waals surface area (Å²) < 4.78 is 9.91. The van der Waals surface area contributed by atoms with Gasteiger partial charge in [-0.2, -0.15) is 0 Å². The third kappa shape index (κ3) is 9.59. The Hall–Kier alpha value is -0.410. The monoisotopic (exact) mass is 176 g/mol. The van der Waals surface area contributed by atoms with Crippen LogP contribution in [0.4, 0.5) is 0 Å². The molecule has 0 spiro atoms. The number of ether oxygens (including phenoxy) is 2. The molecule has 3 nitrogen and oxygen atoms in total. The van der Waals surface area contributed by atoms with Crippen molar-refractivity contribution in [3.63, 3.8) is 0 Å². The summed E-state index contributed by atoms with van der Waals surface area (Å²) in [6, 6.07) is 0. The van der Waals surface area contributed by atoms with E-state index in [1.54, 1.807) is 7.11 Å². The first kappa shape index (κ1) is 14.1. The molecule has 3 heteroatoms. The molecule has 0 aliphatic rings. The summed E-state index contributed by atoms with van der Waals surface area (Å²) in [4.78, 5) is 10.4. The number of hydrogen-bond donors (Lipinski definition) is 0. The quantitative estimate of drug-likeness (QED) is 0.601. The SMILES string of the molecule is CC.CCC(OC)OCC(C)=O. The number of ketones is 1. The van der Waals surface area contributed by atoms with Crippen LogP contribution in [0.2, 0.25) is 0 Å². The van der Waals surface area contributed by atoms with Crippen LogP contribution in [0.15, 0.2) is 0 Å². The summed E-state index contributed by atoms with van der Waals surface area (Å²) >= 11 is 0. The highest BCUT2D eigenvalue weighted by Gasteiger charge is 2.03. The third-order valence-electron chi connectivity index (χ3n) is 1.07. The molecule has 1 atom stereocenters. The Balaban J connectivity index is 0. The minimum Gasteiger partial charge on any atom is -0.356 e. The van der Waals surface area contributed by atoms with E-state index in [9.17, 15) is 4.79 Å². The van der Waals surface area contributed by atoms with Gasteiger partial charge in [0.15, 0.2) is 12.1 Å². The van der Waals surface area contributed by atoms with E-state index in [4.69, 9.17) is 9.47 Å². The van der Waals surface area contributed by atoms with Crippen LogP contribution in [0.3, 0.4) is 0 Å². The van der Waals surface area contributed by atoms with Crippen LogP contribution in [0.5, 0.6) is 0 Å². The van der Waals surface area contributed by atoms with Crippen molar-refractivity contribution in [1.82, 2.24) is 0 Å². The highest BCUT2D eigenvalue weighted by atomic mass is 16.7. The first-order valence-corrected chi connectivity index (χ1v) is 4.34. The van der Waals surface area contributed by atoms with Gasteiger partial charge in [0.25, 0.3) is 0 Å². The molecular formula is C9H20O3. The van der Waals surface area contributed by atoms with Gasteiger partial charge < -0.3 is 9.47 Å². The van der Waals surface area contributed by atoms with Crippen molar-refractivity contribution in [3.8, 4) is 0 Å². The van der Waals surface area contributed by atoms with E-state index in [-0.39, 0.29) is 18.7 Å². The van der Waals surface area contributed by atoms with E-state index in [0.29, 0.717) is 0 Å². The van der Waals surface area contributed by atoms with Crippen LogP contribution >= 0.6 is 0 Å². The molecule has 0 N–H and O–H groups in total. The van der Waals surface area contributed by atoms with Gasteiger partial charge >= 0.3 is 0 Å². The van der Waals surface area contributed by atoms with Gasteiger partial charge in [-0.05, 0) is 13.3 Å². The summed E-state index contributed by atoms with van der Waals surface area (Å²) in [6.07, 6.45) is 0.535. The largest absolute Gasteiger partial charge is 0.356 e. The Kier molecular flexibility index (Phi) is 12.5. The van der Waals surface area contributed by atoms with E-state index in [0.717, 1.165) is 6.42 Å². The smallest absolute Gasteiger partial charge is 0.157 e. The molecule has 0 aromatic rings. The summed E-state index contributed by atoms with van der Waals surface area (Å²) in [7, 11) is 1.56. The summed E-state index contributed by atoms with van der Waals surface area (Å²) in [5.74, 6) is 0.0236. The topological polar surface area (TPSA) is 35.5 Å². The van der Waals surface area contributed by atoms with Crippen LogP contribution < -0.4 is 0 Å². The van der Waals surface area contributed by atoms with E-state index < -0.39 is 0 Å². The minimum absolute atomic E-state index is 0.0236. The molecule has 74 valence electrons. The molecular weight excluding hydrogens is 156 g/mol. The lowest BCUT2D eigenvalue weighted by Gasteiger charge is -2.11. The predicted molar refractivity (Wildman–Crippen MR) is 49.1 cm³/mol. The molecule has 0 amide bonds. The molecule has 0 bridgehead atoms. The number of rotatable bonds is 5. The Morgan fingerprint density at radius 2 is 1.92 bits per heavy atom. The van der Waals surface area contributed by atoms with Crippen molar-refractivity contribution < 1.29 is 14.3 Å². The molecule has 0 aromatic heterocycles. The van der Waals surface area contributed by atoms with Crippen molar-refractivity contribution in [2.75, 3.05) is 13.7 Å². The van der Waals surface area contributed by atoms with Crippen LogP contribution in [0, 0.1) is 0 Å². The van der Waals surface area contributed by atoms with Gasteiger partial charge in [-0.3, -0.25) is 4.79 Å². The lowest BCUT2D eigenvalue weighted by atomic mass is 10.4. The van der Waals surface area contributed by atoms with Crippen molar-refractivity contribution in [3.05, 3.63) is 0 Å². The zero-order chi connectivity index (χ0) is 9.98. The molecule has 0 saturated heterocycles. The fourth-order valence-electron chi connectivity index (χ4n) is 0.563. The molecule has 0 aliphatic carbocycles. The van der Waals surface area contributed by atoms with E-state index in [2.05, 4.69) is 0 Å². The van der Waals surface area contributed by atoms with E-state index in [1.807, 2.05) is 20.8 Å². The molecule has 12 heavy (non-hydrogen) atoms. The predicted octanol–water partition coefficient (Wildman–Crippen LogP) is 2.00. The number of methoxy groups -OCH3 is 1. The first-order valence-electron chi connectivity index (χ1n) is 4.34. The molecule has 1 unspecified atom stereocenters. The van der Waals surface area contributed by atoms with Gasteiger partial charge in [0.1, 0.15) is 6.61 Å². The number of hydrogen-bond acceptors (Lipinski definition) is 3. The molecule has 0 saturated carbocycles. The normalized spacial score (nSPS) is 11.4. The maximum absolute atomic E-state index is 10.4. The molecule has 0 aliphatic heterocycles. The van der Waals surface area contributed by atoms with Gasteiger partial charge in [-0.15, -0.1) is 0 Å². The van der Waals surface area contributed by atoms with Gasteiger partial charge in [0.2, 0.25) is 0 Å². The maximum atomic E-state index is 10.4. The lowest BCUT2D eigenvalue weighted by molar-refractivity contribution is -0.145. The zero-order valence-electron chi connectivity index (χ0n) is 8.72.